The number of pyridine rings is 1. The van der Waals surface area contributed by atoms with Gasteiger partial charge in [0.25, 0.3) is 0 Å². The second kappa shape index (κ2) is 21.1. The molecule has 0 spiro atoms. The van der Waals surface area contributed by atoms with Crippen molar-refractivity contribution in [3.63, 3.8) is 0 Å². The van der Waals surface area contributed by atoms with E-state index in [4.69, 9.17) is 13.8 Å². The Bertz CT molecular complexity index is 4540. The fourth-order valence-electron chi connectivity index (χ4n) is 12.0. The second-order valence-electron chi connectivity index (χ2n) is 25.6. The van der Waals surface area contributed by atoms with Gasteiger partial charge in [-0.25, -0.2) is 4.98 Å². The summed E-state index contributed by atoms with van der Waals surface area (Å²) in [4.78, 5) is 9.99. The Hall–Kier alpha value is -9.45. The average molecular weight is 1100 g/mol. The van der Waals surface area contributed by atoms with Crippen molar-refractivity contribution in [3.05, 3.63) is 265 Å². The maximum atomic E-state index is 8.80. The molecule has 0 amide bonds. The molecular formula is C79H72N4O. The zero-order valence-electron chi connectivity index (χ0n) is 52.5. The van der Waals surface area contributed by atoms with Crippen LogP contribution in [0.2, 0.25) is 0 Å². The van der Waals surface area contributed by atoms with Gasteiger partial charge in [0, 0.05) is 55.6 Å². The maximum Gasteiger partial charge on any atom is 0.137 e. The van der Waals surface area contributed by atoms with Crippen LogP contribution in [0, 0.1) is 6.85 Å². The molecule has 2 aromatic heterocycles. The van der Waals surface area contributed by atoms with Crippen LogP contribution in [-0.2, 0) is 16.2 Å². The number of para-hydroxylation sites is 3. The summed E-state index contributed by atoms with van der Waals surface area (Å²) in [6, 6.07) is 83.8. The number of benzene rings is 10. The highest BCUT2D eigenvalue weighted by Crippen LogP contribution is 2.52. The third-order valence-corrected chi connectivity index (χ3v) is 16.7. The standard InChI is InChI=1S/C79H72N4O/c1-52-43-75(80-50-70(52)55-23-15-12-16-24-55)83-71-42-35-58(54-31-36-60(37-32-54)77(2,3)4)45-69(71)68-41-40-64(49-74(68)83)84-65-47-62(79(8,9)10)46-63(48-65)81-51-82(73-30-18-17-29-72(73)81)76-66(56-33-38-61(39-34-56)78(5,6)7)27-20-28-67(76)59-26-19-25-57(44-59)53-21-13-11-14-22-53/h11-50H,51H2,1-10H3/i1D3. The van der Waals surface area contributed by atoms with Gasteiger partial charge in [0.1, 0.15) is 24.0 Å². The molecule has 10 aromatic carbocycles. The van der Waals surface area contributed by atoms with Crippen molar-refractivity contribution in [2.24, 2.45) is 0 Å². The van der Waals surface area contributed by atoms with E-state index in [0.29, 0.717) is 29.5 Å². The molecule has 84 heavy (non-hydrogen) atoms. The van der Waals surface area contributed by atoms with Crippen molar-refractivity contribution in [1.29, 1.82) is 0 Å². The summed E-state index contributed by atoms with van der Waals surface area (Å²) in [6.45, 7) is 18.4. The van der Waals surface area contributed by atoms with Crippen LogP contribution in [0.15, 0.2) is 243 Å². The first-order chi connectivity index (χ1) is 41.6. The first kappa shape index (κ1) is 50.3. The monoisotopic (exact) mass is 1100 g/mol. The van der Waals surface area contributed by atoms with E-state index >= 15 is 0 Å². The highest BCUT2D eigenvalue weighted by atomic mass is 16.5. The fourth-order valence-corrected chi connectivity index (χ4v) is 12.0. The molecule has 1 aliphatic rings. The molecule has 0 saturated heterocycles. The number of hydrogen-bond donors (Lipinski definition) is 0. The summed E-state index contributed by atoms with van der Waals surface area (Å²) in [5, 5.41) is 2.01. The molecule has 3 heterocycles. The zero-order chi connectivity index (χ0) is 60.6. The minimum Gasteiger partial charge on any atom is -0.457 e. The number of rotatable bonds is 10. The summed E-state index contributed by atoms with van der Waals surface area (Å²) in [6.07, 6.45) is 1.71. The fraction of sp³-hybridized carbons (Fsp3) is 0.177. The molecule has 414 valence electrons. The lowest BCUT2D eigenvalue weighted by atomic mass is 9.85. The molecule has 0 bridgehead atoms. The van der Waals surface area contributed by atoms with Gasteiger partial charge in [-0.3, -0.25) is 4.57 Å². The summed E-state index contributed by atoms with van der Waals surface area (Å²) < 4.78 is 35.7. The van der Waals surface area contributed by atoms with Crippen LogP contribution in [0.1, 0.15) is 88.7 Å². The summed E-state index contributed by atoms with van der Waals surface area (Å²) >= 11 is 0. The molecule has 0 saturated carbocycles. The van der Waals surface area contributed by atoms with Crippen molar-refractivity contribution in [2.75, 3.05) is 16.5 Å². The van der Waals surface area contributed by atoms with E-state index in [9.17, 15) is 0 Å². The number of hydrogen-bond acceptors (Lipinski definition) is 4. The van der Waals surface area contributed by atoms with Crippen LogP contribution < -0.4 is 14.5 Å². The Balaban J connectivity index is 0.933. The van der Waals surface area contributed by atoms with Crippen molar-refractivity contribution in [1.82, 2.24) is 9.55 Å². The Morgan fingerprint density at radius 1 is 0.393 bits per heavy atom. The highest BCUT2D eigenvalue weighted by Gasteiger charge is 2.33. The molecular weight excluding hydrogens is 1020 g/mol. The van der Waals surface area contributed by atoms with Gasteiger partial charge in [-0.15, -0.1) is 0 Å². The Morgan fingerprint density at radius 2 is 0.940 bits per heavy atom. The number of fused-ring (bicyclic) bond motifs is 4. The smallest absolute Gasteiger partial charge is 0.137 e. The quantitative estimate of drug-likeness (QED) is 0.137. The minimum absolute atomic E-state index is 0.0116. The predicted octanol–water partition coefficient (Wildman–Crippen LogP) is 21.8. The van der Waals surface area contributed by atoms with Gasteiger partial charge in [-0.05, 0) is 145 Å². The van der Waals surface area contributed by atoms with Crippen LogP contribution in [0.5, 0.6) is 11.5 Å². The first-order valence-electron chi connectivity index (χ1n) is 30.8. The molecule has 0 aliphatic carbocycles. The van der Waals surface area contributed by atoms with Crippen molar-refractivity contribution in [3.8, 4) is 73.0 Å². The van der Waals surface area contributed by atoms with Gasteiger partial charge in [0.15, 0.2) is 0 Å². The van der Waals surface area contributed by atoms with E-state index in [1.807, 2.05) is 36.4 Å². The normalized spacial score (nSPS) is 13.5. The molecule has 13 rings (SSSR count). The SMILES string of the molecule is [2H]C([2H])([2H])c1cc(-n2c3ccc(-c4ccc(C(C)(C)C)cc4)cc3c3ccc(Oc4cc(N5CN(c6c(-c7ccc(C(C)(C)C)cc7)cccc6-c6cccc(-c7ccccc7)c6)c6ccccc65)cc(C(C)(C)C)c4)cc32)ncc1-c1ccccc1. The van der Waals surface area contributed by atoms with Crippen LogP contribution >= 0.6 is 0 Å². The van der Waals surface area contributed by atoms with Crippen molar-refractivity contribution >= 4 is 44.6 Å². The summed E-state index contributed by atoms with van der Waals surface area (Å²) in [5.74, 6) is 1.84. The maximum absolute atomic E-state index is 8.80. The largest absolute Gasteiger partial charge is 0.457 e. The van der Waals surface area contributed by atoms with Crippen LogP contribution in [0.25, 0.3) is 83.3 Å². The topological polar surface area (TPSA) is 33.5 Å². The Morgan fingerprint density at radius 3 is 1.61 bits per heavy atom. The number of anilines is 4. The van der Waals surface area contributed by atoms with E-state index in [2.05, 4.69) is 271 Å². The predicted molar refractivity (Wildman–Crippen MR) is 355 cm³/mol. The third-order valence-electron chi connectivity index (χ3n) is 16.7. The lowest BCUT2D eigenvalue weighted by Gasteiger charge is -2.28. The van der Waals surface area contributed by atoms with E-state index in [1.165, 1.54) is 22.3 Å². The molecule has 0 radical (unpaired) electrons. The molecule has 12 aromatic rings. The minimum atomic E-state index is -2.41. The van der Waals surface area contributed by atoms with Crippen LogP contribution in [0.4, 0.5) is 22.7 Å². The lowest BCUT2D eigenvalue weighted by Crippen LogP contribution is -2.25. The van der Waals surface area contributed by atoms with E-state index in [0.717, 1.165) is 89.1 Å². The zero-order valence-corrected chi connectivity index (χ0v) is 49.5. The van der Waals surface area contributed by atoms with Crippen molar-refractivity contribution < 1.29 is 8.85 Å². The molecule has 0 atom stereocenters. The first-order valence-corrected chi connectivity index (χ1v) is 29.3. The molecule has 5 nitrogen and oxygen atoms in total. The van der Waals surface area contributed by atoms with Gasteiger partial charge in [-0.1, -0.05) is 226 Å². The van der Waals surface area contributed by atoms with Crippen LogP contribution in [0.3, 0.4) is 0 Å². The number of nitrogens with zero attached hydrogens (tertiary/aromatic N) is 4. The number of aromatic nitrogens is 2. The number of ether oxygens (including phenoxy) is 1. The van der Waals surface area contributed by atoms with Gasteiger partial charge in [0.05, 0.1) is 28.1 Å². The number of aryl methyl sites for hydroxylation is 1. The lowest BCUT2D eigenvalue weighted by molar-refractivity contribution is 0.479. The molecule has 0 fully saturated rings. The molecule has 1 aliphatic heterocycles. The summed E-state index contributed by atoms with van der Waals surface area (Å²) in [5.41, 5.74) is 20.3. The average Bonchev–Trinajstić information content (AvgIpc) is 3.46. The van der Waals surface area contributed by atoms with Gasteiger partial charge in [-0.2, -0.15) is 0 Å². The second-order valence-corrected chi connectivity index (χ2v) is 25.6. The molecule has 5 heteroatoms. The molecule has 0 unspecified atom stereocenters. The van der Waals surface area contributed by atoms with E-state index in [1.54, 1.807) is 12.3 Å². The van der Waals surface area contributed by atoms with Gasteiger partial charge < -0.3 is 14.5 Å². The highest BCUT2D eigenvalue weighted by molar-refractivity contribution is 6.11. The van der Waals surface area contributed by atoms with Crippen molar-refractivity contribution in [2.45, 2.75) is 85.4 Å². The molecule has 0 N–H and O–H groups in total. The Kier molecular flexibility index (Phi) is 12.6. The van der Waals surface area contributed by atoms with Gasteiger partial charge >= 0.3 is 0 Å². The van der Waals surface area contributed by atoms with E-state index in [-0.39, 0.29) is 21.8 Å². The Labute approximate surface area is 500 Å². The van der Waals surface area contributed by atoms with Crippen LogP contribution in [-0.4, -0.2) is 16.2 Å². The van der Waals surface area contributed by atoms with E-state index < -0.39 is 6.85 Å². The third kappa shape index (κ3) is 10.2. The van der Waals surface area contributed by atoms with Gasteiger partial charge in [0.2, 0.25) is 0 Å². The summed E-state index contributed by atoms with van der Waals surface area (Å²) in [7, 11) is 0.